The molecule has 1 aliphatic rings. The smallest absolute Gasteiger partial charge is 0.313 e. The van der Waals surface area contributed by atoms with Gasteiger partial charge in [-0.15, -0.1) is 0 Å². The van der Waals surface area contributed by atoms with Crippen molar-refractivity contribution in [2.75, 3.05) is 29.9 Å². The lowest BCUT2D eigenvalue weighted by atomic mass is 10.3. The molecule has 6 nitrogen and oxygen atoms in total. The number of aromatic nitrogens is 1. The lowest BCUT2D eigenvalue weighted by Gasteiger charge is -2.18. The molecular weight excluding hydrogens is 330 g/mol. The van der Waals surface area contributed by atoms with Gasteiger partial charge in [0.2, 0.25) is 5.91 Å². The molecule has 25 heavy (non-hydrogen) atoms. The Balaban J connectivity index is 1.63. The molecule has 0 bridgehead atoms. The summed E-state index contributed by atoms with van der Waals surface area (Å²) in [4.78, 5) is 31.2. The molecule has 1 N–H and O–H groups in total. The number of pyridine rings is 1. The Morgan fingerprint density at radius 1 is 1.20 bits per heavy atom. The molecule has 2 aromatic rings. The molecule has 0 saturated carbocycles. The van der Waals surface area contributed by atoms with E-state index in [0.717, 1.165) is 17.7 Å². The molecule has 0 unspecified atom stereocenters. The minimum absolute atomic E-state index is 0.144. The van der Waals surface area contributed by atoms with Crippen LogP contribution in [0.4, 0.5) is 25.1 Å². The van der Waals surface area contributed by atoms with Crippen molar-refractivity contribution in [2.45, 2.75) is 6.92 Å². The first-order valence-corrected chi connectivity index (χ1v) is 7.68. The SMILES string of the molecule is Cc1ccnc(NC(=O)CN2CCN(c3ccc(F)c(F)c3)C2=O)c1. The number of amides is 3. The minimum atomic E-state index is -1.02. The van der Waals surface area contributed by atoms with Crippen molar-refractivity contribution in [3.05, 3.63) is 53.7 Å². The maximum Gasteiger partial charge on any atom is 0.325 e. The van der Waals surface area contributed by atoms with Gasteiger partial charge in [0.15, 0.2) is 11.6 Å². The number of hydrogen-bond acceptors (Lipinski definition) is 3. The average Bonchev–Trinajstić information content (AvgIpc) is 2.91. The summed E-state index contributed by atoms with van der Waals surface area (Å²) in [6.45, 7) is 2.34. The predicted octanol–water partition coefficient (Wildman–Crippen LogP) is 2.55. The zero-order valence-electron chi connectivity index (χ0n) is 13.5. The molecule has 1 fully saturated rings. The van der Waals surface area contributed by atoms with E-state index in [1.165, 1.54) is 15.9 Å². The minimum Gasteiger partial charge on any atom is -0.313 e. The summed E-state index contributed by atoms with van der Waals surface area (Å²) in [5.74, 6) is -1.96. The van der Waals surface area contributed by atoms with Crippen molar-refractivity contribution in [2.24, 2.45) is 0 Å². The molecule has 130 valence electrons. The second-order valence-corrected chi connectivity index (χ2v) is 5.72. The monoisotopic (exact) mass is 346 g/mol. The van der Waals surface area contributed by atoms with E-state index in [-0.39, 0.29) is 18.1 Å². The third kappa shape index (κ3) is 3.73. The molecule has 1 saturated heterocycles. The lowest BCUT2D eigenvalue weighted by Crippen LogP contribution is -2.37. The largest absolute Gasteiger partial charge is 0.325 e. The number of hydrogen-bond donors (Lipinski definition) is 1. The van der Waals surface area contributed by atoms with Crippen LogP contribution in [0.25, 0.3) is 0 Å². The van der Waals surface area contributed by atoms with Gasteiger partial charge in [-0.3, -0.25) is 9.69 Å². The molecule has 1 aromatic heterocycles. The van der Waals surface area contributed by atoms with Crippen LogP contribution in [0.15, 0.2) is 36.5 Å². The first-order chi connectivity index (χ1) is 11.9. The van der Waals surface area contributed by atoms with Crippen molar-refractivity contribution in [1.82, 2.24) is 9.88 Å². The van der Waals surface area contributed by atoms with Crippen LogP contribution in [0.3, 0.4) is 0 Å². The average molecular weight is 346 g/mol. The zero-order valence-corrected chi connectivity index (χ0v) is 13.5. The van der Waals surface area contributed by atoms with Crippen LogP contribution in [0.1, 0.15) is 5.56 Å². The number of anilines is 2. The van der Waals surface area contributed by atoms with Crippen molar-refractivity contribution < 1.29 is 18.4 Å². The standard InChI is InChI=1S/C17H16F2N4O2/c1-11-4-5-20-15(8-11)21-16(24)10-22-6-7-23(17(22)25)12-2-3-13(18)14(19)9-12/h2-5,8-9H,6-7,10H2,1H3,(H,20,21,24). The fourth-order valence-corrected chi connectivity index (χ4v) is 2.58. The number of urea groups is 1. The number of carbonyl (C=O) groups excluding carboxylic acids is 2. The summed E-state index contributed by atoms with van der Waals surface area (Å²) in [6.07, 6.45) is 1.58. The molecule has 3 rings (SSSR count). The highest BCUT2D eigenvalue weighted by Gasteiger charge is 2.31. The summed E-state index contributed by atoms with van der Waals surface area (Å²) in [5.41, 5.74) is 1.21. The molecule has 0 radical (unpaired) electrons. The van der Waals surface area contributed by atoms with Crippen LogP contribution in [0, 0.1) is 18.6 Å². The lowest BCUT2D eigenvalue weighted by molar-refractivity contribution is -0.116. The van der Waals surface area contributed by atoms with Crippen molar-refractivity contribution in [3.63, 3.8) is 0 Å². The van der Waals surface area contributed by atoms with Gasteiger partial charge >= 0.3 is 6.03 Å². The second-order valence-electron chi connectivity index (χ2n) is 5.72. The van der Waals surface area contributed by atoms with Crippen molar-refractivity contribution in [3.8, 4) is 0 Å². The third-order valence-corrected chi connectivity index (χ3v) is 3.83. The van der Waals surface area contributed by atoms with E-state index in [1.807, 2.05) is 6.92 Å². The first kappa shape index (κ1) is 16.8. The van der Waals surface area contributed by atoms with Crippen molar-refractivity contribution >= 4 is 23.4 Å². The number of aryl methyl sites for hydroxylation is 1. The van der Waals surface area contributed by atoms with E-state index in [0.29, 0.717) is 18.9 Å². The van der Waals surface area contributed by atoms with Crippen LogP contribution in [0.5, 0.6) is 0 Å². The van der Waals surface area contributed by atoms with Crippen LogP contribution < -0.4 is 10.2 Å². The molecule has 8 heteroatoms. The molecule has 0 atom stereocenters. The zero-order chi connectivity index (χ0) is 18.0. The Morgan fingerprint density at radius 2 is 2.00 bits per heavy atom. The Labute approximate surface area is 143 Å². The topological polar surface area (TPSA) is 65.5 Å². The molecular formula is C17H16F2N4O2. The van der Waals surface area contributed by atoms with E-state index >= 15 is 0 Å². The van der Waals surface area contributed by atoms with E-state index in [1.54, 1.807) is 18.3 Å². The normalized spacial score (nSPS) is 14.1. The fourth-order valence-electron chi connectivity index (χ4n) is 2.58. The summed E-state index contributed by atoms with van der Waals surface area (Å²) >= 11 is 0. The van der Waals surface area contributed by atoms with Crippen LogP contribution in [-0.4, -0.2) is 41.5 Å². The summed E-state index contributed by atoms with van der Waals surface area (Å²) < 4.78 is 26.4. The maximum atomic E-state index is 13.3. The molecule has 0 aliphatic carbocycles. The van der Waals surface area contributed by atoms with Gasteiger partial charge in [0, 0.05) is 31.0 Å². The Hall–Kier alpha value is -3.03. The number of benzene rings is 1. The van der Waals surface area contributed by atoms with E-state index < -0.39 is 17.7 Å². The first-order valence-electron chi connectivity index (χ1n) is 7.68. The third-order valence-electron chi connectivity index (χ3n) is 3.83. The van der Waals surface area contributed by atoms with Crippen molar-refractivity contribution in [1.29, 1.82) is 0 Å². The number of nitrogens with one attached hydrogen (secondary N) is 1. The van der Waals surface area contributed by atoms with Gasteiger partial charge in [-0.25, -0.2) is 18.6 Å². The van der Waals surface area contributed by atoms with Gasteiger partial charge in [-0.2, -0.15) is 0 Å². The number of halogens is 2. The van der Waals surface area contributed by atoms with E-state index in [9.17, 15) is 18.4 Å². The Morgan fingerprint density at radius 3 is 2.72 bits per heavy atom. The van der Waals surface area contributed by atoms with Gasteiger partial charge < -0.3 is 10.2 Å². The van der Waals surface area contributed by atoms with Crippen LogP contribution in [0.2, 0.25) is 0 Å². The van der Waals surface area contributed by atoms with Crippen LogP contribution >= 0.6 is 0 Å². The summed E-state index contributed by atoms with van der Waals surface area (Å²) in [6, 6.07) is 6.36. The predicted molar refractivity (Wildman–Crippen MR) is 88.3 cm³/mol. The molecule has 1 aromatic carbocycles. The van der Waals surface area contributed by atoms with Gasteiger partial charge in [0.05, 0.1) is 0 Å². The van der Waals surface area contributed by atoms with E-state index in [2.05, 4.69) is 10.3 Å². The van der Waals surface area contributed by atoms with Gasteiger partial charge in [0.25, 0.3) is 0 Å². The van der Waals surface area contributed by atoms with Gasteiger partial charge in [0.1, 0.15) is 12.4 Å². The molecule has 1 aliphatic heterocycles. The Bertz CT molecular complexity index is 828. The summed E-state index contributed by atoms with van der Waals surface area (Å²) in [7, 11) is 0. The van der Waals surface area contributed by atoms with Gasteiger partial charge in [-0.1, -0.05) is 0 Å². The Kier molecular flexibility index (Phi) is 4.60. The fraction of sp³-hybridized carbons (Fsp3) is 0.235. The van der Waals surface area contributed by atoms with E-state index in [4.69, 9.17) is 0 Å². The van der Waals surface area contributed by atoms with Crippen LogP contribution in [-0.2, 0) is 4.79 Å². The quantitative estimate of drug-likeness (QED) is 0.925. The highest BCUT2D eigenvalue weighted by atomic mass is 19.2. The second kappa shape index (κ2) is 6.84. The maximum absolute atomic E-state index is 13.3. The molecule has 3 amide bonds. The molecule has 2 heterocycles. The highest BCUT2D eigenvalue weighted by molar-refractivity contribution is 5.99. The molecule has 0 spiro atoms. The van der Waals surface area contributed by atoms with Gasteiger partial charge in [-0.05, 0) is 36.8 Å². The highest BCUT2D eigenvalue weighted by Crippen LogP contribution is 2.22. The number of rotatable bonds is 4. The number of carbonyl (C=O) groups is 2. The summed E-state index contributed by atoms with van der Waals surface area (Å²) in [5, 5.41) is 2.63. The number of nitrogens with zero attached hydrogens (tertiary/aromatic N) is 3.